The molecule has 0 atom stereocenters. The molecular weight excluding hydrogens is 499 g/mol. The number of aliphatic hydroxyl groups is 1. The highest BCUT2D eigenvalue weighted by Crippen LogP contribution is 2.31. The fourth-order valence-electron chi connectivity index (χ4n) is 5.89. The van der Waals surface area contributed by atoms with Gasteiger partial charge in [-0.15, -0.1) is 0 Å². The predicted octanol–water partition coefficient (Wildman–Crippen LogP) is 3.22. The number of aryl methyl sites for hydroxylation is 2. The monoisotopic (exact) mass is 536 g/mol. The van der Waals surface area contributed by atoms with E-state index in [1.807, 2.05) is 38.5 Å². The molecule has 2 fully saturated rings. The van der Waals surface area contributed by atoms with E-state index < -0.39 is 5.60 Å². The third-order valence-corrected chi connectivity index (χ3v) is 8.27. The zero-order valence-corrected chi connectivity index (χ0v) is 23.2. The number of rotatable bonds is 6. The summed E-state index contributed by atoms with van der Waals surface area (Å²) < 4.78 is 24.2. The molecule has 0 aliphatic carbocycles. The number of likely N-dealkylation sites (tertiary alicyclic amines) is 1. The molecule has 5 heterocycles. The predicted molar refractivity (Wildman–Crippen MR) is 148 cm³/mol. The lowest BCUT2D eigenvalue weighted by atomic mass is 9.83. The molecule has 11 heteroatoms. The van der Waals surface area contributed by atoms with E-state index in [2.05, 4.69) is 19.4 Å². The summed E-state index contributed by atoms with van der Waals surface area (Å²) in [6, 6.07) is 4.98. The zero-order valence-electron chi connectivity index (χ0n) is 23.2. The summed E-state index contributed by atoms with van der Waals surface area (Å²) >= 11 is 0. The lowest BCUT2D eigenvalue weighted by Gasteiger charge is -2.37. The van der Waals surface area contributed by atoms with E-state index in [9.17, 15) is 9.50 Å². The highest BCUT2D eigenvalue weighted by atomic mass is 19.1. The average Bonchev–Trinajstić information content (AvgIpc) is 3.47. The number of fused-ring (bicyclic) bond motifs is 2. The number of halogens is 1. The Balaban J connectivity index is 1.43. The third kappa shape index (κ3) is 4.76. The Kier molecular flexibility index (Phi) is 6.76. The fourth-order valence-corrected chi connectivity index (χ4v) is 5.89. The minimum absolute atomic E-state index is 0.304. The number of hydrogen-bond acceptors (Lipinski definition) is 8. The van der Waals surface area contributed by atoms with Crippen molar-refractivity contribution in [3.8, 4) is 5.95 Å². The van der Waals surface area contributed by atoms with Crippen molar-refractivity contribution in [2.45, 2.75) is 52.2 Å². The van der Waals surface area contributed by atoms with Crippen molar-refractivity contribution in [3.05, 3.63) is 35.7 Å². The normalized spacial score (nSPS) is 18.1. The Hall–Kier alpha value is -3.15. The maximum atomic E-state index is 14.7. The standard InChI is InChI=1S/C28H37FN8O2/c1-5-21-30-23-19(29)7-6-8-20(23)37(21)27-32-25-24(26(33-27)36-13-15-39-16-14-36)31-22(34(25)4)17-35-11-9-18(10-12-35)28(2,3)38/h6-8,18,38H,5,9-17H2,1-4H3. The summed E-state index contributed by atoms with van der Waals surface area (Å²) in [5.41, 5.74) is 1.82. The largest absolute Gasteiger partial charge is 0.390 e. The van der Waals surface area contributed by atoms with E-state index in [1.165, 1.54) is 6.07 Å². The molecule has 39 heavy (non-hydrogen) atoms. The minimum Gasteiger partial charge on any atom is -0.390 e. The smallest absolute Gasteiger partial charge is 0.239 e. The van der Waals surface area contributed by atoms with E-state index in [0.29, 0.717) is 68.0 Å². The van der Waals surface area contributed by atoms with Gasteiger partial charge in [-0.2, -0.15) is 9.97 Å². The Morgan fingerprint density at radius 1 is 1.00 bits per heavy atom. The zero-order chi connectivity index (χ0) is 27.3. The van der Waals surface area contributed by atoms with Crippen molar-refractivity contribution in [2.75, 3.05) is 44.3 Å². The van der Waals surface area contributed by atoms with Crippen LogP contribution in [0.2, 0.25) is 0 Å². The molecule has 0 amide bonds. The van der Waals surface area contributed by atoms with Gasteiger partial charge in [-0.1, -0.05) is 13.0 Å². The van der Waals surface area contributed by atoms with Crippen molar-refractivity contribution >= 4 is 28.0 Å². The highest BCUT2D eigenvalue weighted by molar-refractivity contribution is 5.86. The molecular formula is C28H37FN8O2. The molecule has 0 unspecified atom stereocenters. The topological polar surface area (TPSA) is 97.4 Å². The van der Waals surface area contributed by atoms with Gasteiger partial charge in [0.05, 0.1) is 30.9 Å². The van der Waals surface area contributed by atoms with Crippen LogP contribution >= 0.6 is 0 Å². The van der Waals surface area contributed by atoms with Gasteiger partial charge in [0, 0.05) is 26.6 Å². The molecule has 208 valence electrons. The van der Waals surface area contributed by atoms with E-state index in [-0.39, 0.29) is 5.82 Å². The van der Waals surface area contributed by atoms with Crippen LogP contribution in [0.3, 0.4) is 0 Å². The van der Waals surface area contributed by atoms with Crippen molar-refractivity contribution in [1.82, 2.24) is 34.0 Å². The number of morpholine rings is 1. The van der Waals surface area contributed by atoms with Crippen molar-refractivity contribution in [1.29, 1.82) is 0 Å². The second-order valence-corrected chi connectivity index (χ2v) is 11.2. The first-order valence-electron chi connectivity index (χ1n) is 13.9. The van der Waals surface area contributed by atoms with Crippen LogP contribution in [0.4, 0.5) is 10.2 Å². The van der Waals surface area contributed by atoms with Gasteiger partial charge in [-0.05, 0) is 57.8 Å². The molecule has 2 aliphatic rings. The molecule has 2 aliphatic heterocycles. The van der Waals surface area contributed by atoms with Gasteiger partial charge in [-0.25, -0.2) is 14.4 Å². The summed E-state index contributed by atoms with van der Waals surface area (Å²) in [6.45, 7) is 11.0. The number of piperidine rings is 1. The Labute approximate surface area is 227 Å². The van der Waals surface area contributed by atoms with Crippen LogP contribution in [0, 0.1) is 11.7 Å². The average molecular weight is 537 g/mol. The minimum atomic E-state index is -0.652. The van der Waals surface area contributed by atoms with Crippen molar-refractivity contribution in [3.63, 3.8) is 0 Å². The van der Waals surface area contributed by atoms with Crippen molar-refractivity contribution in [2.24, 2.45) is 13.0 Å². The molecule has 3 aromatic heterocycles. The number of aromatic nitrogens is 6. The van der Waals surface area contributed by atoms with Gasteiger partial charge in [0.15, 0.2) is 22.8 Å². The van der Waals surface area contributed by atoms with Gasteiger partial charge >= 0.3 is 0 Å². The second kappa shape index (κ2) is 10.1. The number of benzene rings is 1. The number of anilines is 1. The van der Waals surface area contributed by atoms with E-state index in [0.717, 1.165) is 48.7 Å². The van der Waals surface area contributed by atoms with Crippen LogP contribution in [0.25, 0.3) is 28.1 Å². The maximum Gasteiger partial charge on any atom is 0.239 e. The van der Waals surface area contributed by atoms with Crippen molar-refractivity contribution < 1.29 is 14.2 Å². The van der Waals surface area contributed by atoms with Crippen LogP contribution in [0.1, 0.15) is 45.3 Å². The SMILES string of the molecule is CCc1nc2c(F)cccc2n1-c1nc(N2CCOCC2)c2nc(CN3CCC(C(C)(C)O)CC3)n(C)c2n1. The Bertz CT molecular complexity index is 1490. The third-order valence-electron chi connectivity index (χ3n) is 8.27. The van der Waals surface area contributed by atoms with Crippen LogP contribution in [0.15, 0.2) is 18.2 Å². The van der Waals surface area contributed by atoms with Crippen LogP contribution < -0.4 is 4.90 Å². The van der Waals surface area contributed by atoms with E-state index in [1.54, 1.807) is 6.07 Å². The summed E-state index contributed by atoms with van der Waals surface area (Å²) in [5.74, 6) is 2.81. The van der Waals surface area contributed by atoms with Gasteiger partial charge in [-0.3, -0.25) is 9.47 Å². The molecule has 0 bridgehead atoms. The second-order valence-electron chi connectivity index (χ2n) is 11.2. The number of imidazole rings is 2. The quantitative estimate of drug-likeness (QED) is 0.401. The van der Waals surface area contributed by atoms with Gasteiger partial charge in [0.25, 0.3) is 0 Å². The molecule has 10 nitrogen and oxygen atoms in total. The lowest BCUT2D eigenvalue weighted by Crippen LogP contribution is -2.41. The summed E-state index contributed by atoms with van der Waals surface area (Å²) in [4.78, 5) is 24.3. The molecule has 0 saturated carbocycles. The molecule has 1 aromatic carbocycles. The van der Waals surface area contributed by atoms with Gasteiger partial charge < -0.3 is 19.3 Å². The Morgan fingerprint density at radius 3 is 2.41 bits per heavy atom. The fraction of sp³-hybridized carbons (Fsp3) is 0.571. The van der Waals surface area contributed by atoms with Crippen LogP contribution in [-0.4, -0.2) is 84.1 Å². The van der Waals surface area contributed by atoms with Gasteiger partial charge in [0.1, 0.15) is 17.2 Å². The number of hydrogen-bond donors (Lipinski definition) is 1. The molecule has 0 radical (unpaired) electrons. The highest BCUT2D eigenvalue weighted by Gasteiger charge is 2.31. The Morgan fingerprint density at radius 2 is 1.72 bits per heavy atom. The first kappa shape index (κ1) is 26.1. The lowest BCUT2D eigenvalue weighted by molar-refractivity contribution is -0.0139. The van der Waals surface area contributed by atoms with E-state index in [4.69, 9.17) is 19.7 Å². The molecule has 0 spiro atoms. The summed E-state index contributed by atoms with van der Waals surface area (Å²) in [5, 5.41) is 10.4. The number of ether oxygens (including phenoxy) is 1. The van der Waals surface area contributed by atoms with E-state index >= 15 is 0 Å². The van der Waals surface area contributed by atoms with Gasteiger partial charge in [0.2, 0.25) is 5.95 Å². The number of nitrogens with zero attached hydrogens (tertiary/aromatic N) is 8. The first-order chi connectivity index (χ1) is 18.7. The molecule has 6 rings (SSSR count). The molecule has 2 saturated heterocycles. The first-order valence-corrected chi connectivity index (χ1v) is 13.9. The molecule has 1 N–H and O–H groups in total. The maximum absolute atomic E-state index is 14.7. The summed E-state index contributed by atoms with van der Waals surface area (Å²) in [7, 11) is 2.00. The summed E-state index contributed by atoms with van der Waals surface area (Å²) in [6.07, 6.45) is 2.53. The molecule has 4 aromatic rings. The van der Waals surface area contributed by atoms with Crippen LogP contribution in [-0.2, 0) is 24.8 Å². The number of para-hydroxylation sites is 1. The van der Waals surface area contributed by atoms with Crippen LogP contribution in [0.5, 0.6) is 0 Å².